The van der Waals surface area contributed by atoms with E-state index in [2.05, 4.69) is 57.5 Å². The monoisotopic (exact) mass is 536 g/mol. The molecule has 3 rings (SSSR count). The Labute approximate surface area is 209 Å². The number of halogens is 2. The van der Waals surface area contributed by atoms with Crippen LogP contribution in [0, 0.1) is 19.8 Å². The van der Waals surface area contributed by atoms with Gasteiger partial charge in [0.05, 0.1) is 16.3 Å². The van der Waals surface area contributed by atoms with Crippen molar-refractivity contribution in [1.82, 2.24) is 15.2 Å². The summed E-state index contributed by atoms with van der Waals surface area (Å²) in [6, 6.07) is 6.41. The summed E-state index contributed by atoms with van der Waals surface area (Å²) in [5, 5.41) is 6.78. The van der Waals surface area contributed by atoms with Gasteiger partial charge in [-0.2, -0.15) is 0 Å². The summed E-state index contributed by atoms with van der Waals surface area (Å²) in [5.41, 5.74) is 3.11. The van der Waals surface area contributed by atoms with Crippen LogP contribution >= 0.6 is 27.5 Å². The van der Waals surface area contributed by atoms with Crippen LogP contribution in [0.25, 0.3) is 0 Å². The number of H-pyrrole nitrogens is 1. The van der Waals surface area contributed by atoms with Crippen LogP contribution in [-0.4, -0.2) is 42.0 Å². The molecule has 1 amide bonds. The van der Waals surface area contributed by atoms with Crippen molar-refractivity contribution in [3.05, 3.63) is 60.4 Å². The molecule has 1 atom stereocenters. The summed E-state index contributed by atoms with van der Waals surface area (Å²) in [7, 11) is 4.30. The van der Waals surface area contributed by atoms with Crippen molar-refractivity contribution in [2.75, 3.05) is 19.4 Å². The number of aryl methyl sites for hydroxylation is 2. The molecule has 1 aliphatic carbocycles. The van der Waals surface area contributed by atoms with Crippen molar-refractivity contribution >= 4 is 39.1 Å². The Bertz CT molecular complexity index is 1060. The lowest BCUT2D eigenvalue weighted by Gasteiger charge is -2.36. The van der Waals surface area contributed by atoms with Crippen LogP contribution in [0.3, 0.4) is 0 Å². The quantitative estimate of drug-likeness (QED) is 0.450. The first kappa shape index (κ1) is 25.8. The van der Waals surface area contributed by atoms with Crippen molar-refractivity contribution in [2.45, 2.75) is 65.1 Å². The van der Waals surface area contributed by atoms with E-state index in [1.165, 1.54) is 25.7 Å². The number of rotatable bonds is 7. The van der Waals surface area contributed by atoms with E-state index in [9.17, 15) is 9.59 Å². The van der Waals surface area contributed by atoms with Gasteiger partial charge in [0.2, 0.25) is 0 Å². The number of aromatic nitrogens is 1. The lowest BCUT2D eigenvalue weighted by atomic mass is 9.81. The molecule has 0 aliphatic heterocycles. The molecule has 0 spiro atoms. The van der Waals surface area contributed by atoms with Crippen LogP contribution in [0.1, 0.15) is 59.8 Å². The number of pyridine rings is 1. The number of carbonyl (C=O) groups is 1. The first-order chi connectivity index (χ1) is 15.6. The molecule has 1 aromatic heterocycles. The lowest BCUT2D eigenvalue weighted by molar-refractivity contribution is 0.0951. The van der Waals surface area contributed by atoms with Crippen LogP contribution in [0.15, 0.2) is 27.5 Å². The average molecular weight is 538 g/mol. The van der Waals surface area contributed by atoms with Crippen LogP contribution in [0.2, 0.25) is 5.02 Å². The molecule has 1 fully saturated rings. The largest absolute Gasteiger partial charge is 0.381 e. The summed E-state index contributed by atoms with van der Waals surface area (Å²) < 4.78 is 0.771. The molecule has 1 saturated carbocycles. The van der Waals surface area contributed by atoms with E-state index >= 15 is 0 Å². The molecule has 8 heteroatoms. The van der Waals surface area contributed by atoms with Gasteiger partial charge in [-0.05, 0) is 90.2 Å². The molecular weight excluding hydrogens is 504 g/mol. The Morgan fingerprint density at radius 1 is 1.21 bits per heavy atom. The SMILES string of the molecule is Cc1cc(C)c(CNC(=O)c2cc(Br)cc(NC(C)C3CCC(N(C)C)CC3)c2Cl)c(=O)[nH]1. The summed E-state index contributed by atoms with van der Waals surface area (Å²) >= 11 is 10.2. The number of aromatic amines is 1. The maximum atomic E-state index is 13.0. The predicted molar refractivity (Wildman–Crippen MR) is 139 cm³/mol. The van der Waals surface area contributed by atoms with Crippen molar-refractivity contribution in [3.8, 4) is 0 Å². The zero-order valence-electron chi connectivity index (χ0n) is 20.0. The minimum absolute atomic E-state index is 0.136. The van der Waals surface area contributed by atoms with Gasteiger partial charge in [0.25, 0.3) is 11.5 Å². The molecule has 33 heavy (non-hydrogen) atoms. The Morgan fingerprint density at radius 2 is 1.88 bits per heavy atom. The molecule has 1 unspecified atom stereocenters. The van der Waals surface area contributed by atoms with E-state index in [4.69, 9.17) is 11.6 Å². The van der Waals surface area contributed by atoms with E-state index in [1.807, 2.05) is 26.0 Å². The van der Waals surface area contributed by atoms with E-state index < -0.39 is 0 Å². The van der Waals surface area contributed by atoms with Gasteiger partial charge in [-0.3, -0.25) is 9.59 Å². The van der Waals surface area contributed by atoms with Gasteiger partial charge in [0.15, 0.2) is 0 Å². The predicted octanol–water partition coefficient (Wildman–Crippen LogP) is 5.26. The highest BCUT2D eigenvalue weighted by Gasteiger charge is 2.27. The second-order valence-electron chi connectivity index (χ2n) is 9.41. The Balaban J connectivity index is 1.70. The Kier molecular flexibility index (Phi) is 8.65. The second kappa shape index (κ2) is 11.1. The van der Waals surface area contributed by atoms with Gasteiger partial charge in [0.1, 0.15) is 0 Å². The molecule has 2 aromatic rings. The lowest BCUT2D eigenvalue weighted by Crippen LogP contribution is -2.36. The average Bonchev–Trinajstić information content (AvgIpc) is 2.75. The fraction of sp³-hybridized carbons (Fsp3) is 0.520. The number of carbonyl (C=O) groups excluding carboxylic acids is 1. The Morgan fingerprint density at radius 3 is 2.48 bits per heavy atom. The third-order valence-electron chi connectivity index (χ3n) is 6.76. The third-order valence-corrected chi connectivity index (χ3v) is 7.63. The van der Waals surface area contributed by atoms with Crippen molar-refractivity contribution < 1.29 is 4.79 Å². The van der Waals surface area contributed by atoms with Crippen molar-refractivity contribution in [3.63, 3.8) is 0 Å². The van der Waals surface area contributed by atoms with Crippen LogP contribution < -0.4 is 16.2 Å². The van der Waals surface area contributed by atoms with E-state index in [-0.39, 0.29) is 24.1 Å². The zero-order valence-corrected chi connectivity index (χ0v) is 22.4. The van der Waals surface area contributed by atoms with Crippen molar-refractivity contribution in [1.29, 1.82) is 0 Å². The first-order valence-corrected chi connectivity index (χ1v) is 12.6. The molecular formula is C25H34BrClN4O2. The zero-order chi connectivity index (χ0) is 24.3. The molecule has 0 bridgehead atoms. The van der Waals surface area contributed by atoms with Gasteiger partial charge >= 0.3 is 0 Å². The normalized spacial score (nSPS) is 19.4. The smallest absolute Gasteiger partial charge is 0.253 e. The molecule has 0 radical (unpaired) electrons. The van der Waals surface area contributed by atoms with Crippen LogP contribution in [0.5, 0.6) is 0 Å². The summed E-state index contributed by atoms with van der Waals surface area (Å²) in [5.74, 6) is 0.243. The highest BCUT2D eigenvalue weighted by atomic mass is 79.9. The number of hydrogen-bond acceptors (Lipinski definition) is 4. The number of benzene rings is 1. The fourth-order valence-corrected chi connectivity index (χ4v) is 5.41. The van der Waals surface area contributed by atoms with Crippen molar-refractivity contribution in [2.24, 2.45) is 5.92 Å². The minimum Gasteiger partial charge on any atom is -0.381 e. The van der Waals surface area contributed by atoms with E-state index in [0.717, 1.165) is 21.4 Å². The highest BCUT2D eigenvalue weighted by Crippen LogP contribution is 2.34. The van der Waals surface area contributed by atoms with Gasteiger partial charge in [0, 0.05) is 34.4 Å². The van der Waals surface area contributed by atoms with E-state index in [0.29, 0.717) is 28.1 Å². The van der Waals surface area contributed by atoms with Crippen LogP contribution in [0.4, 0.5) is 5.69 Å². The first-order valence-electron chi connectivity index (χ1n) is 11.5. The fourth-order valence-electron chi connectivity index (χ4n) is 4.71. The summed E-state index contributed by atoms with van der Waals surface area (Å²) in [6.07, 6.45) is 4.73. The standard InChI is InChI=1S/C25H34BrClN4O2/c1-14-10-15(2)29-25(33)21(14)13-28-24(32)20-11-18(26)12-22(23(20)27)30-16(3)17-6-8-19(9-7-17)31(4)5/h10-12,16-17,19,30H,6-9,13H2,1-5H3,(H,28,32)(H,29,33). The van der Waals surface area contributed by atoms with E-state index in [1.54, 1.807) is 6.07 Å². The number of nitrogens with zero attached hydrogens (tertiary/aromatic N) is 1. The highest BCUT2D eigenvalue weighted by molar-refractivity contribution is 9.10. The maximum absolute atomic E-state index is 13.0. The summed E-state index contributed by atoms with van der Waals surface area (Å²) in [4.78, 5) is 30.3. The number of hydrogen-bond donors (Lipinski definition) is 3. The molecule has 1 aromatic carbocycles. The number of anilines is 1. The minimum atomic E-state index is -0.317. The van der Waals surface area contributed by atoms with Gasteiger partial charge in [-0.25, -0.2) is 0 Å². The molecule has 6 nitrogen and oxygen atoms in total. The topological polar surface area (TPSA) is 77.2 Å². The number of amides is 1. The molecule has 3 N–H and O–H groups in total. The Hall–Kier alpha value is -1.83. The molecule has 180 valence electrons. The number of nitrogens with one attached hydrogen (secondary N) is 3. The second-order valence-corrected chi connectivity index (χ2v) is 10.7. The van der Waals surface area contributed by atoms with Gasteiger partial charge < -0.3 is 20.5 Å². The van der Waals surface area contributed by atoms with Gasteiger partial charge in [-0.15, -0.1) is 0 Å². The third kappa shape index (κ3) is 6.40. The molecule has 1 heterocycles. The summed E-state index contributed by atoms with van der Waals surface area (Å²) in [6.45, 7) is 6.02. The van der Waals surface area contributed by atoms with Crippen LogP contribution in [-0.2, 0) is 6.54 Å². The maximum Gasteiger partial charge on any atom is 0.253 e. The van der Waals surface area contributed by atoms with Gasteiger partial charge in [-0.1, -0.05) is 27.5 Å². The molecule has 0 saturated heterocycles. The molecule has 1 aliphatic rings.